The Balaban J connectivity index is 1.13. The van der Waals surface area contributed by atoms with E-state index in [0.717, 1.165) is 24.2 Å². The van der Waals surface area contributed by atoms with Gasteiger partial charge in [0.15, 0.2) is 0 Å². The van der Waals surface area contributed by atoms with Crippen molar-refractivity contribution in [2.45, 2.75) is 31.6 Å². The molecule has 7 heteroatoms. The van der Waals surface area contributed by atoms with E-state index in [0.29, 0.717) is 48.9 Å². The van der Waals surface area contributed by atoms with Crippen LogP contribution in [0.15, 0.2) is 97.5 Å². The SMILES string of the molecule is O=C(CCc1cnccn1)Nc1ccc(C2CCN(C(=O)c3ccccc3Oc3ccccc3)CC2)cc1. The van der Waals surface area contributed by atoms with E-state index in [1.165, 1.54) is 5.56 Å². The average Bonchev–Trinajstić information content (AvgIpc) is 2.98. The summed E-state index contributed by atoms with van der Waals surface area (Å²) in [6.45, 7) is 1.37. The summed E-state index contributed by atoms with van der Waals surface area (Å²) in [5.74, 6) is 1.59. The first kappa shape index (κ1) is 25.1. The highest BCUT2D eigenvalue weighted by Crippen LogP contribution is 2.31. The van der Waals surface area contributed by atoms with Gasteiger partial charge in [-0.1, -0.05) is 42.5 Å². The predicted octanol–water partition coefficient (Wildman–Crippen LogP) is 5.86. The van der Waals surface area contributed by atoms with Gasteiger partial charge in [0, 0.05) is 43.8 Å². The third-order valence-electron chi connectivity index (χ3n) is 6.76. The van der Waals surface area contributed by atoms with Gasteiger partial charge in [-0.25, -0.2) is 0 Å². The number of carbonyl (C=O) groups excluding carboxylic acids is 2. The molecule has 1 aromatic heterocycles. The van der Waals surface area contributed by atoms with Crippen molar-refractivity contribution in [1.29, 1.82) is 0 Å². The van der Waals surface area contributed by atoms with Crippen LogP contribution in [0, 0.1) is 0 Å². The molecule has 4 aromatic rings. The number of benzene rings is 3. The summed E-state index contributed by atoms with van der Waals surface area (Å²) in [7, 11) is 0. The maximum Gasteiger partial charge on any atom is 0.257 e. The van der Waals surface area contributed by atoms with E-state index in [2.05, 4.69) is 27.4 Å². The number of hydrogen-bond acceptors (Lipinski definition) is 5. The van der Waals surface area contributed by atoms with Crippen LogP contribution in [0.2, 0.25) is 0 Å². The first-order valence-electron chi connectivity index (χ1n) is 12.9. The Labute approximate surface area is 222 Å². The number of para-hydroxylation sites is 2. The number of rotatable bonds is 8. The molecular formula is C31H30N4O3. The number of nitrogens with one attached hydrogen (secondary N) is 1. The molecule has 1 aliphatic rings. The van der Waals surface area contributed by atoms with Crippen molar-refractivity contribution < 1.29 is 14.3 Å². The molecule has 2 heterocycles. The predicted molar refractivity (Wildman–Crippen MR) is 146 cm³/mol. The van der Waals surface area contributed by atoms with Gasteiger partial charge in [0.2, 0.25) is 5.91 Å². The topological polar surface area (TPSA) is 84.4 Å². The molecule has 0 atom stereocenters. The van der Waals surface area contributed by atoms with Gasteiger partial charge in [-0.3, -0.25) is 19.6 Å². The molecule has 1 fully saturated rings. The fourth-order valence-corrected chi connectivity index (χ4v) is 4.70. The molecule has 3 aromatic carbocycles. The molecule has 38 heavy (non-hydrogen) atoms. The number of carbonyl (C=O) groups is 2. The number of likely N-dealkylation sites (tertiary alicyclic amines) is 1. The molecule has 1 saturated heterocycles. The van der Waals surface area contributed by atoms with E-state index in [1.54, 1.807) is 18.6 Å². The summed E-state index contributed by atoms with van der Waals surface area (Å²) in [5.41, 5.74) is 3.38. The molecule has 7 nitrogen and oxygen atoms in total. The number of nitrogens with zero attached hydrogens (tertiary/aromatic N) is 3. The number of anilines is 1. The molecule has 1 N–H and O–H groups in total. The standard InChI is InChI=1S/C31H30N4O3/c36-30(15-14-26-22-32-18-19-33-26)34-25-12-10-23(11-13-25)24-16-20-35(21-17-24)31(37)28-8-4-5-9-29(28)38-27-6-2-1-3-7-27/h1-13,18-19,22,24H,14-17,20-21H2,(H,34,36). The minimum Gasteiger partial charge on any atom is -0.457 e. The van der Waals surface area contributed by atoms with Gasteiger partial charge in [-0.2, -0.15) is 0 Å². The zero-order valence-corrected chi connectivity index (χ0v) is 21.1. The number of ether oxygens (including phenoxy) is 1. The number of aromatic nitrogens is 2. The van der Waals surface area contributed by atoms with Crippen molar-refractivity contribution in [2.75, 3.05) is 18.4 Å². The van der Waals surface area contributed by atoms with E-state index < -0.39 is 0 Å². The number of amides is 2. The first-order chi connectivity index (χ1) is 18.7. The molecule has 1 aliphatic heterocycles. The maximum atomic E-state index is 13.3. The smallest absolute Gasteiger partial charge is 0.257 e. The molecule has 0 unspecified atom stereocenters. The Morgan fingerprint density at radius 1 is 0.895 bits per heavy atom. The molecule has 192 valence electrons. The van der Waals surface area contributed by atoms with Crippen molar-refractivity contribution in [1.82, 2.24) is 14.9 Å². The van der Waals surface area contributed by atoms with Crippen LogP contribution in [0.5, 0.6) is 11.5 Å². The lowest BCUT2D eigenvalue weighted by molar-refractivity contribution is -0.116. The highest BCUT2D eigenvalue weighted by Gasteiger charge is 2.26. The second-order valence-electron chi connectivity index (χ2n) is 9.34. The molecule has 0 spiro atoms. The summed E-state index contributed by atoms with van der Waals surface area (Å²) in [5, 5.41) is 2.95. The van der Waals surface area contributed by atoms with Gasteiger partial charge in [0.1, 0.15) is 11.5 Å². The van der Waals surface area contributed by atoms with Gasteiger partial charge in [0.25, 0.3) is 5.91 Å². The summed E-state index contributed by atoms with van der Waals surface area (Å²) >= 11 is 0. The quantitative estimate of drug-likeness (QED) is 0.324. The Kier molecular flexibility index (Phi) is 8.04. The number of piperidine rings is 1. The zero-order valence-electron chi connectivity index (χ0n) is 21.1. The van der Waals surface area contributed by atoms with E-state index >= 15 is 0 Å². The summed E-state index contributed by atoms with van der Waals surface area (Å²) < 4.78 is 6.00. The fourth-order valence-electron chi connectivity index (χ4n) is 4.70. The highest BCUT2D eigenvalue weighted by atomic mass is 16.5. The normalized spacial score (nSPS) is 13.6. The third kappa shape index (κ3) is 6.42. The molecule has 0 bridgehead atoms. The van der Waals surface area contributed by atoms with Crippen molar-refractivity contribution in [3.63, 3.8) is 0 Å². The second-order valence-corrected chi connectivity index (χ2v) is 9.34. The Hall–Kier alpha value is -4.52. The van der Waals surface area contributed by atoms with E-state index in [9.17, 15) is 9.59 Å². The van der Waals surface area contributed by atoms with Crippen LogP contribution in [0.3, 0.4) is 0 Å². The van der Waals surface area contributed by atoms with Gasteiger partial charge in [0.05, 0.1) is 11.3 Å². The van der Waals surface area contributed by atoms with Gasteiger partial charge in [-0.15, -0.1) is 0 Å². The van der Waals surface area contributed by atoms with E-state index in [4.69, 9.17) is 4.74 Å². The lowest BCUT2D eigenvalue weighted by Crippen LogP contribution is -2.38. The van der Waals surface area contributed by atoms with Crippen molar-refractivity contribution >= 4 is 17.5 Å². The summed E-state index contributed by atoms with van der Waals surface area (Å²) in [6, 6.07) is 25.0. The first-order valence-corrected chi connectivity index (χ1v) is 12.9. The molecule has 0 radical (unpaired) electrons. The van der Waals surface area contributed by atoms with Crippen molar-refractivity contribution in [3.8, 4) is 11.5 Å². The highest BCUT2D eigenvalue weighted by molar-refractivity contribution is 5.97. The lowest BCUT2D eigenvalue weighted by atomic mass is 9.89. The van der Waals surface area contributed by atoms with Crippen LogP contribution in [0.4, 0.5) is 5.69 Å². The van der Waals surface area contributed by atoms with Crippen molar-refractivity contribution in [2.24, 2.45) is 0 Å². The van der Waals surface area contributed by atoms with Crippen LogP contribution >= 0.6 is 0 Å². The van der Waals surface area contributed by atoms with Gasteiger partial charge in [-0.05, 0) is 67.1 Å². The summed E-state index contributed by atoms with van der Waals surface area (Å²) in [4.78, 5) is 35.8. The van der Waals surface area contributed by atoms with Crippen molar-refractivity contribution in [3.05, 3.63) is 114 Å². The van der Waals surface area contributed by atoms with Gasteiger partial charge < -0.3 is 15.0 Å². The van der Waals surface area contributed by atoms with Gasteiger partial charge >= 0.3 is 0 Å². The Bertz CT molecular complexity index is 1350. The number of hydrogen-bond donors (Lipinski definition) is 1. The largest absolute Gasteiger partial charge is 0.457 e. The van der Waals surface area contributed by atoms with E-state index in [-0.39, 0.29) is 11.8 Å². The van der Waals surface area contributed by atoms with E-state index in [1.807, 2.05) is 71.6 Å². The molecule has 5 rings (SSSR count). The zero-order chi connectivity index (χ0) is 26.2. The second kappa shape index (κ2) is 12.1. The minimum atomic E-state index is -0.0493. The summed E-state index contributed by atoms with van der Waals surface area (Å²) in [6.07, 6.45) is 7.61. The molecule has 0 saturated carbocycles. The molecule has 0 aliphatic carbocycles. The molecule has 2 amide bonds. The van der Waals surface area contributed by atoms with Crippen LogP contribution in [-0.2, 0) is 11.2 Å². The fraction of sp³-hybridized carbons (Fsp3) is 0.226. The monoisotopic (exact) mass is 506 g/mol. The lowest BCUT2D eigenvalue weighted by Gasteiger charge is -2.32. The van der Waals surface area contributed by atoms with Crippen LogP contribution in [-0.4, -0.2) is 39.8 Å². The average molecular weight is 507 g/mol. The van der Waals surface area contributed by atoms with Crippen LogP contribution in [0.1, 0.15) is 46.8 Å². The number of aryl methyl sites for hydroxylation is 1. The minimum absolute atomic E-state index is 0.00507. The Morgan fingerprint density at radius 2 is 1.63 bits per heavy atom. The van der Waals surface area contributed by atoms with Crippen LogP contribution in [0.25, 0.3) is 0 Å². The maximum absolute atomic E-state index is 13.3. The third-order valence-corrected chi connectivity index (χ3v) is 6.76. The molecular weight excluding hydrogens is 476 g/mol. The Morgan fingerprint density at radius 3 is 2.37 bits per heavy atom. The van der Waals surface area contributed by atoms with Crippen LogP contribution < -0.4 is 10.1 Å².